The monoisotopic (exact) mass is 381 g/mol. The highest BCUT2D eigenvalue weighted by Gasteiger charge is 2.37. The van der Waals surface area contributed by atoms with Gasteiger partial charge in [0.25, 0.3) is 11.1 Å². The van der Waals surface area contributed by atoms with Gasteiger partial charge in [-0.05, 0) is 61.5 Å². The van der Waals surface area contributed by atoms with Gasteiger partial charge in [-0.25, -0.2) is 0 Å². The molecule has 1 heterocycles. The number of azo groups is 1. The van der Waals surface area contributed by atoms with Crippen LogP contribution in [0, 0.1) is 0 Å². The van der Waals surface area contributed by atoms with E-state index in [1.54, 1.807) is 12.1 Å². The predicted molar refractivity (Wildman–Crippen MR) is 106 cm³/mol. The summed E-state index contributed by atoms with van der Waals surface area (Å²) in [7, 11) is 0. The SMILES string of the molecule is CC[C@H](C)N1C(=O)S/C(=C/c2cc(N=Nc3ccccc3)ccc2O)C1=O. The highest BCUT2D eigenvalue weighted by molar-refractivity contribution is 8.18. The average molecular weight is 381 g/mol. The molecule has 1 aliphatic heterocycles. The van der Waals surface area contributed by atoms with Crippen LogP contribution in [0.4, 0.5) is 16.2 Å². The van der Waals surface area contributed by atoms with Crippen LogP contribution in [0.15, 0.2) is 63.7 Å². The highest BCUT2D eigenvalue weighted by atomic mass is 32.2. The van der Waals surface area contributed by atoms with Gasteiger partial charge in [0.1, 0.15) is 5.75 Å². The number of imide groups is 1. The summed E-state index contributed by atoms with van der Waals surface area (Å²) < 4.78 is 0. The van der Waals surface area contributed by atoms with Crippen LogP contribution in [0.5, 0.6) is 5.75 Å². The number of hydrogen-bond donors (Lipinski definition) is 1. The van der Waals surface area contributed by atoms with Crippen molar-refractivity contribution in [1.82, 2.24) is 4.90 Å². The minimum absolute atomic E-state index is 0.00370. The van der Waals surface area contributed by atoms with Crippen molar-refractivity contribution in [2.45, 2.75) is 26.3 Å². The van der Waals surface area contributed by atoms with Crippen LogP contribution >= 0.6 is 11.8 Å². The van der Waals surface area contributed by atoms with E-state index in [1.807, 2.05) is 44.2 Å². The second kappa shape index (κ2) is 8.18. The molecule has 2 amide bonds. The first-order valence-corrected chi connectivity index (χ1v) is 9.38. The number of phenolic OH excluding ortho intramolecular Hbond substituents is 1. The third-order valence-corrected chi connectivity index (χ3v) is 5.07. The van der Waals surface area contributed by atoms with Gasteiger partial charge in [0.2, 0.25) is 0 Å². The molecule has 1 fully saturated rings. The smallest absolute Gasteiger partial charge is 0.293 e. The van der Waals surface area contributed by atoms with E-state index in [4.69, 9.17) is 0 Å². The number of phenols is 1. The molecule has 0 spiro atoms. The maximum atomic E-state index is 12.5. The Morgan fingerprint density at radius 2 is 1.81 bits per heavy atom. The summed E-state index contributed by atoms with van der Waals surface area (Å²) in [6, 6.07) is 13.9. The summed E-state index contributed by atoms with van der Waals surface area (Å²) in [4.78, 5) is 26.2. The number of rotatable bonds is 5. The standard InChI is InChI=1S/C20H19N3O3S/c1-3-13(2)23-19(25)18(27-20(23)26)12-14-11-16(9-10-17(14)24)22-21-15-7-5-4-6-8-15/h4-13,24H,3H2,1-2H3/b18-12+,22-21?/t13-/m0/s1. The fraction of sp³-hybridized carbons (Fsp3) is 0.200. The molecular formula is C20H19N3O3S. The molecule has 0 unspecified atom stereocenters. The van der Waals surface area contributed by atoms with E-state index in [0.717, 1.165) is 11.8 Å². The van der Waals surface area contributed by atoms with E-state index < -0.39 is 0 Å². The molecule has 3 rings (SSSR count). The molecule has 138 valence electrons. The summed E-state index contributed by atoms with van der Waals surface area (Å²) in [6.07, 6.45) is 2.20. The maximum Gasteiger partial charge on any atom is 0.293 e. The van der Waals surface area contributed by atoms with Gasteiger partial charge >= 0.3 is 0 Å². The number of benzene rings is 2. The van der Waals surface area contributed by atoms with E-state index in [-0.39, 0.29) is 27.8 Å². The second-order valence-corrected chi connectivity index (χ2v) is 7.08. The molecule has 0 radical (unpaired) electrons. The number of hydrogen-bond acceptors (Lipinski definition) is 6. The largest absolute Gasteiger partial charge is 0.507 e. The Morgan fingerprint density at radius 3 is 2.52 bits per heavy atom. The molecule has 0 aliphatic carbocycles. The quantitative estimate of drug-likeness (QED) is 0.536. The first-order chi connectivity index (χ1) is 13.0. The average Bonchev–Trinajstić information content (AvgIpc) is 2.96. The summed E-state index contributed by atoms with van der Waals surface area (Å²) in [6.45, 7) is 3.76. The maximum absolute atomic E-state index is 12.5. The van der Waals surface area contributed by atoms with Gasteiger partial charge in [-0.2, -0.15) is 10.2 Å². The lowest BCUT2D eigenvalue weighted by molar-refractivity contribution is -0.124. The molecule has 0 bridgehead atoms. The Hall–Kier alpha value is -2.93. The van der Waals surface area contributed by atoms with Crippen molar-refractivity contribution >= 4 is 40.4 Å². The van der Waals surface area contributed by atoms with Crippen LogP contribution in [-0.2, 0) is 4.79 Å². The van der Waals surface area contributed by atoms with Crippen LogP contribution in [0.25, 0.3) is 6.08 Å². The van der Waals surface area contributed by atoms with Gasteiger partial charge in [0.15, 0.2) is 0 Å². The Bertz CT molecular complexity index is 925. The van der Waals surface area contributed by atoms with Crippen LogP contribution in [0.2, 0.25) is 0 Å². The van der Waals surface area contributed by atoms with Crippen molar-refractivity contribution in [3.05, 3.63) is 59.0 Å². The van der Waals surface area contributed by atoms with E-state index in [0.29, 0.717) is 23.4 Å². The van der Waals surface area contributed by atoms with E-state index in [2.05, 4.69) is 10.2 Å². The van der Waals surface area contributed by atoms with Crippen molar-refractivity contribution in [1.29, 1.82) is 0 Å². The fourth-order valence-corrected chi connectivity index (χ4v) is 3.43. The topological polar surface area (TPSA) is 82.3 Å². The molecule has 6 nitrogen and oxygen atoms in total. The van der Waals surface area contributed by atoms with Gasteiger partial charge in [-0.1, -0.05) is 25.1 Å². The number of amides is 2. The fourth-order valence-electron chi connectivity index (χ4n) is 2.51. The molecule has 0 aromatic heterocycles. The van der Waals surface area contributed by atoms with Gasteiger partial charge < -0.3 is 5.11 Å². The second-order valence-electron chi connectivity index (χ2n) is 6.09. The normalized spacial score (nSPS) is 17.3. The van der Waals surface area contributed by atoms with Crippen molar-refractivity contribution in [3.8, 4) is 5.75 Å². The van der Waals surface area contributed by atoms with Crippen molar-refractivity contribution in [3.63, 3.8) is 0 Å². The zero-order chi connectivity index (χ0) is 19.4. The summed E-state index contributed by atoms with van der Waals surface area (Å²) in [5.74, 6) is -0.334. The molecule has 1 atom stereocenters. The Labute approximate surface area is 161 Å². The highest BCUT2D eigenvalue weighted by Crippen LogP contribution is 2.36. The zero-order valence-electron chi connectivity index (χ0n) is 15.0. The van der Waals surface area contributed by atoms with Crippen molar-refractivity contribution in [2.75, 3.05) is 0 Å². The molecule has 2 aromatic rings. The summed E-state index contributed by atoms with van der Waals surface area (Å²) >= 11 is 0.878. The first-order valence-electron chi connectivity index (χ1n) is 8.56. The van der Waals surface area contributed by atoms with Gasteiger partial charge in [0, 0.05) is 11.6 Å². The summed E-state index contributed by atoms with van der Waals surface area (Å²) in [5, 5.41) is 18.1. The Kier molecular flexibility index (Phi) is 5.71. The van der Waals surface area contributed by atoms with Gasteiger partial charge in [-0.3, -0.25) is 14.5 Å². The molecule has 7 heteroatoms. The number of aromatic hydroxyl groups is 1. The van der Waals surface area contributed by atoms with Crippen molar-refractivity contribution in [2.24, 2.45) is 10.2 Å². The van der Waals surface area contributed by atoms with Gasteiger partial charge in [0.05, 0.1) is 16.3 Å². The predicted octanol–water partition coefficient (Wildman–Crippen LogP) is 5.64. The van der Waals surface area contributed by atoms with Crippen LogP contribution in [-0.4, -0.2) is 27.2 Å². The number of carbonyl (C=O) groups excluding carboxylic acids is 2. The van der Waals surface area contributed by atoms with Crippen molar-refractivity contribution < 1.29 is 14.7 Å². The van der Waals surface area contributed by atoms with Crippen LogP contribution < -0.4 is 0 Å². The number of thioether (sulfide) groups is 1. The van der Waals surface area contributed by atoms with E-state index in [1.165, 1.54) is 17.0 Å². The summed E-state index contributed by atoms with van der Waals surface area (Å²) in [5.41, 5.74) is 1.65. The Morgan fingerprint density at radius 1 is 1.11 bits per heavy atom. The first kappa shape index (κ1) is 18.8. The third-order valence-electron chi connectivity index (χ3n) is 4.19. The third kappa shape index (κ3) is 4.25. The van der Waals surface area contributed by atoms with Crippen LogP contribution in [0.3, 0.4) is 0 Å². The van der Waals surface area contributed by atoms with E-state index >= 15 is 0 Å². The van der Waals surface area contributed by atoms with Crippen LogP contribution in [0.1, 0.15) is 25.8 Å². The Balaban J connectivity index is 1.87. The molecule has 0 saturated carbocycles. The lowest BCUT2D eigenvalue weighted by Gasteiger charge is -2.19. The molecular weight excluding hydrogens is 362 g/mol. The zero-order valence-corrected chi connectivity index (χ0v) is 15.8. The minimum Gasteiger partial charge on any atom is -0.507 e. The molecule has 1 saturated heterocycles. The molecule has 1 aliphatic rings. The number of carbonyl (C=O) groups is 2. The molecule has 2 aromatic carbocycles. The minimum atomic E-state index is -0.338. The lowest BCUT2D eigenvalue weighted by atomic mass is 10.1. The number of nitrogens with zero attached hydrogens (tertiary/aromatic N) is 3. The molecule has 27 heavy (non-hydrogen) atoms. The van der Waals surface area contributed by atoms with Gasteiger partial charge in [-0.15, -0.1) is 0 Å². The molecule has 1 N–H and O–H groups in total. The lowest BCUT2D eigenvalue weighted by Crippen LogP contribution is -2.36. The van der Waals surface area contributed by atoms with E-state index in [9.17, 15) is 14.7 Å².